The van der Waals surface area contributed by atoms with E-state index < -0.39 is 17.0 Å². The van der Waals surface area contributed by atoms with Crippen LogP contribution in [0.5, 0.6) is 5.75 Å². The summed E-state index contributed by atoms with van der Waals surface area (Å²) < 4.78 is 25.3. The van der Waals surface area contributed by atoms with Crippen molar-refractivity contribution in [2.24, 2.45) is 16.2 Å². The van der Waals surface area contributed by atoms with Crippen molar-refractivity contribution in [3.05, 3.63) is 142 Å². The fraction of sp³-hybridized carbons (Fsp3) is 0.558. The highest BCUT2D eigenvalue weighted by Gasteiger charge is 2.49. The molecule has 10 heterocycles. The quantitative estimate of drug-likeness (QED) is 0.114. The molecule has 0 bridgehead atoms. The molecule has 109 heavy (non-hydrogen) atoms. The number of pyridine rings is 3. The lowest BCUT2D eigenvalue weighted by molar-refractivity contribution is -0.130. The van der Waals surface area contributed by atoms with Crippen molar-refractivity contribution in [2.75, 3.05) is 43.1 Å². The van der Waals surface area contributed by atoms with Crippen molar-refractivity contribution in [1.29, 1.82) is 0 Å². The molecule has 4 amide bonds. The first-order valence-electron chi connectivity index (χ1n) is 38.7. The van der Waals surface area contributed by atoms with Crippen molar-refractivity contribution >= 4 is 112 Å². The zero-order valence-electron chi connectivity index (χ0n) is 67.7. The number of nitrogens with one attached hydrogen (secondary N) is 1. The number of furan rings is 3. The van der Waals surface area contributed by atoms with E-state index >= 15 is 0 Å². The largest absolute Gasteiger partial charge is 0.497 e. The number of methoxy groups -OCH3 is 1. The number of carbonyl (C=O) groups is 5. The van der Waals surface area contributed by atoms with Gasteiger partial charge in [-0.05, 0) is 173 Å². The number of halogens is 2. The van der Waals surface area contributed by atoms with Crippen molar-refractivity contribution in [3.63, 3.8) is 0 Å². The highest BCUT2D eigenvalue weighted by Crippen LogP contribution is 2.48. The molecule has 3 saturated carbocycles. The zero-order chi connectivity index (χ0) is 79.5. The second kappa shape index (κ2) is 31.5. The predicted octanol–water partition coefficient (Wildman–Crippen LogP) is 20.4. The molecule has 586 valence electrons. The van der Waals surface area contributed by atoms with E-state index in [0.29, 0.717) is 106 Å². The number of benzene rings is 1. The number of piperazine rings is 2. The molecule has 2 saturated heterocycles. The van der Waals surface area contributed by atoms with E-state index in [2.05, 4.69) is 175 Å². The van der Waals surface area contributed by atoms with Gasteiger partial charge in [0.25, 0.3) is 23.6 Å². The lowest BCUT2D eigenvalue weighted by Crippen LogP contribution is -2.65. The van der Waals surface area contributed by atoms with Gasteiger partial charge in [-0.15, -0.1) is 0 Å². The number of carboxylic acids is 1. The number of carboxylic acid groups (broad SMARTS) is 1. The molecule has 2 aliphatic heterocycles. The van der Waals surface area contributed by atoms with Crippen LogP contribution >= 0.6 is 37.2 Å². The van der Waals surface area contributed by atoms with Gasteiger partial charge in [0.05, 0.1) is 26.0 Å². The molecule has 23 heteroatoms. The third-order valence-corrected chi connectivity index (χ3v) is 23.5. The van der Waals surface area contributed by atoms with Crippen LogP contribution in [-0.2, 0) is 32.4 Å². The number of aromatic amines is 1. The maximum absolute atomic E-state index is 14.1. The molecular weight excluding hydrogens is 1600 g/mol. The lowest BCUT2D eigenvalue weighted by Gasteiger charge is -2.45. The summed E-state index contributed by atoms with van der Waals surface area (Å²) in [4.78, 5) is 88.0. The van der Waals surface area contributed by atoms with Crippen LogP contribution in [0.25, 0.3) is 33.3 Å². The van der Waals surface area contributed by atoms with Crippen LogP contribution in [0.3, 0.4) is 0 Å². The maximum Gasteiger partial charge on any atom is 0.371 e. The Bertz CT molecular complexity index is 4770. The topological polar surface area (TPSA) is 252 Å². The predicted molar refractivity (Wildman–Crippen MR) is 446 cm³/mol. The third-order valence-electron chi connectivity index (χ3n) is 23.5. The molecular formula is C86H113I2N11O10. The van der Waals surface area contributed by atoms with E-state index in [-0.39, 0.29) is 57.2 Å². The molecule has 21 nitrogen and oxygen atoms in total. The van der Waals surface area contributed by atoms with Crippen LogP contribution in [-0.4, -0.2) is 124 Å². The first-order chi connectivity index (χ1) is 51.0. The first-order valence-corrected chi connectivity index (χ1v) is 45.0. The van der Waals surface area contributed by atoms with E-state index in [9.17, 15) is 29.1 Å². The Hall–Kier alpha value is -7.68. The van der Waals surface area contributed by atoms with E-state index in [1.54, 1.807) is 91.1 Å². The summed E-state index contributed by atoms with van der Waals surface area (Å²) in [6, 6.07) is 23.0. The normalized spacial score (nSPS) is 19.1. The Balaban J connectivity index is 0.000000168. The van der Waals surface area contributed by atoms with Crippen LogP contribution in [0.4, 0.5) is 11.6 Å². The van der Waals surface area contributed by atoms with Gasteiger partial charge in [0.2, 0.25) is 5.76 Å². The second-order valence-electron chi connectivity index (χ2n) is 37.2. The van der Waals surface area contributed by atoms with Gasteiger partial charge in [-0.1, -0.05) is 116 Å². The van der Waals surface area contributed by atoms with E-state index in [1.165, 1.54) is 38.5 Å². The molecule has 5 aliphatic rings. The number of aromatic carboxylic acids is 1. The Labute approximate surface area is 665 Å². The fourth-order valence-electron chi connectivity index (χ4n) is 16.3. The molecule has 9 aromatic rings. The molecule has 1 aromatic carbocycles. The number of carbonyl (C=O) groups excluding carboxylic acids is 4. The van der Waals surface area contributed by atoms with Crippen LogP contribution in [0.2, 0.25) is 0 Å². The fourth-order valence-corrected chi connectivity index (χ4v) is 16.3. The van der Waals surface area contributed by atoms with Gasteiger partial charge < -0.3 is 32.9 Å². The molecule has 14 rings (SSSR count). The van der Waals surface area contributed by atoms with Crippen LogP contribution in [0.1, 0.15) is 297 Å². The van der Waals surface area contributed by atoms with Gasteiger partial charge in [-0.3, -0.25) is 34.1 Å². The number of fused-ring (bicyclic) bond motifs is 3. The Morgan fingerprint density at radius 1 is 0.514 bits per heavy atom. The summed E-state index contributed by atoms with van der Waals surface area (Å²) in [5.74, 6) is 1.81. The highest BCUT2D eigenvalue weighted by molar-refractivity contribution is 15.0. The lowest BCUT2D eigenvalue weighted by atomic mass is 9.72. The maximum atomic E-state index is 14.1. The minimum atomic E-state index is -1.11. The number of hydrogen-bond donors (Lipinski definition) is 2. The highest BCUT2D eigenvalue weighted by atomic mass is 128. The van der Waals surface area contributed by atoms with Gasteiger partial charge in [-0.2, -0.15) is 10.2 Å². The van der Waals surface area contributed by atoms with E-state index in [1.807, 2.05) is 35.0 Å². The van der Waals surface area contributed by atoms with E-state index in [0.717, 1.165) is 89.1 Å². The summed E-state index contributed by atoms with van der Waals surface area (Å²) in [7, 11) is 1.64. The van der Waals surface area contributed by atoms with Crippen molar-refractivity contribution in [3.8, 4) is 5.75 Å². The number of rotatable bonds is 11. The van der Waals surface area contributed by atoms with Crippen molar-refractivity contribution in [2.45, 2.75) is 260 Å². The smallest absolute Gasteiger partial charge is 0.371 e. The summed E-state index contributed by atoms with van der Waals surface area (Å²) in [6.07, 6.45) is 17.2. The third kappa shape index (κ3) is 17.8. The van der Waals surface area contributed by atoms with Crippen LogP contribution in [0.15, 0.2) is 98.4 Å². The molecule has 0 unspecified atom stereocenters. The minimum Gasteiger partial charge on any atom is -0.497 e. The van der Waals surface area contributed by atoms with Gasteiger partial charge in [0, 0.05) is 145 Å². The number of aromatic nitrogens is 7. The number of anilines is 2. The average molecular weight is 1710 g/mol. The first kappa shape index (κ1) is 82.3. The Morgan fingerprint density at radius 3 is 1.24 bits per heavy atom. The van der Waals surface area contributed by atoms with E-state index in [4.69, 9.17) is 32.9 Å². The molecule has 2 N–H and O–H groups in total. The standard InChI is InChI=1S/C37H47N5O4.C29H39N5O3.C20H27NO3.I2/c1-35(2,3)27-21-28(25-13-16-36(4,5)17-14-25)39-29-22-30(46-32(27)29)33(43)41-20-19-40(34(44)37(41,6)7)31-15-18-38-42(31)23-24-9-11-26(45-8)12-10-24;1-27(2,3)19-16-20(18-8-11-28(4,5)12-9-18)31-21-17-22(37-24(19)21)25(35)34-15-14-33(23-10-13-30-32-23)26(36)29(34,6)7;1-19(2,3)13-10-14(12-6-8-20(4,5)9-7-12)21-15-11-16(18(22)23)24-17(13)15;1-2/h9-12,15,18,21-22,25H,13-14,16-17,19-20,23H2,1-8H3;10,13,16-18H,8-9,11-12,14-15H2,1-7H3,(H,30,32);10-12H,6-9H2,1-5H3,(H,22,23);. The number of hydrogen-bond acceptors (Lipinski definition) is 14. The van der Waals surface area contributed by atoms with Gasteiger partial charge in [-0.25, -0.2) is 24.4 Å². The van der Waals surface area contributed by atoms with Gasteiger partial charge in [0.15, 0.2) is 28.3 Å². The summed E-state index contributed by atoms with van der Waals surface area (Å²) in [5, 5.41) is 20.5. The molecule has 3 aliphatic carbocycles. The Morgan fingerprint density at radius 2 is 0.881 bits per heavy atom. The van der Waals surface area contributed by atoms with Crippen LogP contribution < -0.4 is 14.5 Å². The number of amides is 4. The Kier molecular flexibility index (Phi) is 23.8. The van der Waals surface area contributed by atoms with Crippen LogP contribution in [0, 0.1) is 16.2 Å². The molecule has 5 fully saturated rings. The number of nitrogens with zero attached hydrogens (tertiary/aromatic N) is 10. The average Bonchev–Trinajstić information content (AvgIpc) is 1.75. The van der Waals surface area contributed by atoms with Gasteiger partial charge in [0.1, 0.15) is 45.0 Å². The number of ether oxygens (including phenoxy) is 1. The number of H-pyrrole nitrogens is 1. The summed E-state index contributed by atoms with van der Waals surface area (Å²) in [5.41, 5.74) is 10.0. The van der Waals surface area contributed by atoms with Crippen molar-refractivity contribution in [1.82, 2.24) is 44.7 Å². The van der Waals surface area contributed by atoms with Gasteiger partial charge >= 0.3 is 5.97 Å². The molecule has 8 aromatic heterocycles. The zero-order valence-corrected chi connectivity index (χ0v) is 72.0. The van der Waals surface area contributed by atoms with Crippen molar-refractivity contribution < 1.29 is 47.1 Å². The molecule has 0 atom stereocenters. The summed E-state index contributed by atoms with van der Waals surface area (Å²) >= 11 is 4.24. The SMILES string of the molecule is CC1(C)CCC(c2cc(C(C)(C)C)c3oc(C(=O)N4CCN(c5ccn[nH]5)C(=O)C4(C)C)cc3n2)CC1.CC1(C)CCC(c2cc(C(C)(C)C)c3oc(C(=O)O)cc3n2)CC1.COc1ccc(Cn2nccc2N2CCN(C(=O)c3cc4nc(C5CCC(C)(C)CC5)cc(C(C)(C)C)c4o3)C(C)(C)C2=O)cc1.II. The molecule has 0 spiro atoms. The summed E-state index contributed by atoms with van der Waals surface area (Å²) in [6.45, 7) is 42.5. The second-order valence-corrected chi connectivity index (χ2v) is 37.2. The minimum absolute atomic E-state index is 0.0371. The monoisotopic (exact) mass is 1710 g/mol. The molecule has 0 radical (unpaired) electrons.